The van der Waals surface area contributed by atoms with Crippen molar-refractivity contribution in [2.24, 2.45) is 0 Å². The van der Waals surface area contributed by atoms with Crippen LogP contribution in [0.25, 0.3) is 11.4 Å². The molecular weight excluding hydrogens is 368 g/mol. The van der Waals surface area contributed by atoms with E-state index in [2.05, 4.69) is 41.2 Å². The van der Waals surface area contributed by atoms with Gasteiger partial charge < -0.3 is 9.88 Å². The van der Waals surface area contributed by atoms with Crippen molar-refractivity contribution in [2.45, 2.75) is 70.4 Å². The monoisotopic (exact) mass is 398 g/mol. The van der Waals surface area contributed by atoms with E-state index in [4.69, 9.17) is 15.0 Å². The van der Waals surface area contributed by atoms with E-state index in [-0.39, 0.29) is 5.41 Å². The fraction of sp³-hybridized carbons (Fsp3) is 0.667. The van der Waals surface area contributed by atoms with E-state index < -0.39 is 0 Å². The lowest BCUT2D eigenvalue weighted by Crippen LogP contribution is -2.36. The van der Waals surface area contributed by atoms with E-state index in [0.717, 1.165) is 49.8 Å². The molecule has 0 radical (unpaired) electrons. The molecule has 0 bridgehead atoms. The van der Waals surface area contributed by atoms with Crippen LogP contribution in [0.1, 0.15) is 62.7 Å². The molecule has 1 N–H and O–H groups in total. The molecule has 2 fully saturated rings. The molecule has 5 rings (SSSR count). The lowest BCUT2D eigenvalue weighted by Gasteiger charge is -2.32. The number of piperidine rings is 1. The van der Waals surface area contributed by atoms with E-state index in [0.29, 0.717) is 12.1 Å². The Morgan fingerprint density at radius 2 is 1.89 bits per heavy atom. The third-order valence-electron chi connectivity index (χ3n) is 6.41. The first-order valence-electron chi connectivity index (χ1n) is 10.5. The van der Waals surface area contributed by atoms with Crippen molar-refractivity contribution in [3.8, 4) is 11.4 Å². The summed E-state index contributed by atoms with van der Waals surface area (Å²) in [6, 6.07) is 1.05. The summed E-state index contributed by atoms with van der Waals surface area (Å²) >= 11 is 1.84. The molecule has 2 aromatic heterocycles. The first-order valence-corrected chi connectivity index (χ1v) is 11.7. The van der Waals surface area contributed by atoms with Crippen molar-refractivity contribution in [1.82, 2.24) is 23.8 Å². The average Bonchev–Trinajstić information content (AvgIpc) is 3.44. The van der Waals surface area contributed by atoms with Crippen LogP contribution < -0.4 is 5.32 Å². The summed E-state index contributed by atoms with van der Waals surface area (Å²) in [6.45, 7) is 8.98. The summed E-state index contributed by atoms with van der Waals surface area (Å²) in [5.41, 5.74) is 4.83. The highest BCUT2D eigenvalue weighted by molar-refractivity contribution is 7.96. The lowest BCUT2D eigenvalue weighted by atomic mass is 9.77. The first-order chi connectivity index (χ1) is 13.5. The molecule has 3 aliphatic rings. The molecule has 150 valence electrons. The Hall–Kier alpha value is -1.60. The topological polar surface area (TPSA) is 58.9 Å². The summed E-state index contributed by atoms with van der Waals surface area (Å²) < 4.78 is 4.88. The number of aryl methyl sites for hydroxylation is 1. The Kier molecular flexibility index (Phi) is 4.43. The van der Waals surface area contributed by atoms with Crippen molar-refractivity contribution in [2.75, 3.05) is 24.7 Å². The third kappa shape index (κ3) is 3.12. The number of hydrogen-bond acceptors (Lipinski definition) is 6. The Bertz CT molecular complexity index is 893. The standard InChI is InChI=1S/C21H30N6S/c1-13-23-19-18(27(13)16-5-6-16)17-14(11-21(19,2)3)12-22-20(25-17)24-15-7-9-26(28-4)10-8-15/h12,15-16H,5-11H2,1-4H3,(H,22,24,25). The van der Waals surface area contributed by atoms with Crippen molar-refractivity contribution in [1.29, 1.82) is 0 Å². The fourth-order valence-electron chi connectivity index (χ4n) is 4.76. The van der Waals surface area contributed by atoms with Gasteiger partial charge in [-0.1, -0.05) is 25.8 Å². The number of nitrogens with one attached hydrogen (secondary N) is 1. The number of hydrogen-bond donors (Lipinski definition) is 1. The highest BCUT2D eigenvalue weighted by Gasteiger charge is 2.40. The third-order valence-corrected chi connectivity index (χ3v) is 7.29. The van der Waals surface area contributed by atoms with Gasteiger partial charge in [0.25, 0.3) is 0 Å². The quantitative estimate of drug-likeness (QED) is 0.787. The van der Waals surface area contributed by atoms with Crippen molar-refractivity contribution in [3.05, 3.63) is 23.3 Å². The van der Waals surface area contributed by atoms with Crippen LogP contribution >= 0.6 is 11.9 Å². The van der Waals surface area contributed by atoms with Gasteiger partial charge in [-0.15, -0.1) is 0 Å². The minimum Gasteiger partial charge on any atom is -0.351 e. The number of fused-ring (bicyclic) bond motifs is 3. The zero-order valence-corrected chi connectivity index (χ0v) is 18.1. The van der Waals surface area contributed by atoms with Crippen molar-refractivity contribution >= 4 is 17.9 Å². The van der Waals surface area contributed by atoms with Gasteiger partial charge in [0.1, 0.15) is 5.82 Å². The van der Waals surface area contributed by atoms with E-state index in [1.165, 1.54) is 29.8 Å². The molecule has 1 aliphatic heterocycles. The first kappa shape index (κ1) is 18.4. The second kappa shape index (κ2) is 6.73. The van der Waals surface area contributed by atoms with Gasteiger partial charge in [-0.3, -0.25) is 4.31 Å². The van der Waals surface area contributed by atoms with Crippen LogP contribution in [0.15, 0.2) is 6.20 Å². The SMILES string of the molecule is CSN1CCC(Nc2ncc3c(n2)-c2c(nc(C)n2C2CC2)C(C)(C)C3)CC1. The number of nitrogens with zero attached hydrogens (tertiary/aromatic N) is 5. The average molecular weight is 399 g/mol. The maximum atomic E-state index is 5.04. The molecule has 7 heteroatoms. The zero-order chi connectivity index (χ0) is 19.5. The Balaban J connectivity index is 1.48. The van der Waals surface area contributed by atoms with Gasteiger partial charge in [0.05, 0.1) is 17.1 Å². The van der Waals surface area contributed by atoms with E-state index >= 15 is 0 Å². The minimum absolute atomic E-state index is 0.0240. The molecule has 0 atom stereocenters. The van der Waals surface area contributed by atoms with Crippen LogP contribution in [0.3, 0.4) is 0 Å². The van der Waals surface area contributed by atoms with Gasteiger partial charge in [-0.05, 0) is 50.8 Å². The molecule has 0 spiro atoms. The smallest absolute Gasteiger partial charge is 0.223 e. The second-order valence-electron chi connectivity index (χ2n) is 9.12. The molecular formula is C21H30N6S. The normalized spacial score (nSPS) is 22.0. The predicted molar refractivity (Wildman–Crippen MR) is 115 cm³/mol. The van der Waals surface area contributed by atoms with Crippen molar-refractivity contribution in [3.63, 3.8) is 0 Å². The van der Waals surface area contributed by atoms with Gasteiger partial charge in [-0.25, -0.2) is 15.0 Å². The van der Waals surface area contributed by atoms with Gasteiger partial charge in [0.2, 0.25) is 5.95 Å². The molecule has 2 aliphatic carbocycles. The van der Waals surface area contributed by atoms with E-state index in [1.54, 1.807) is 0 Å². The highest BCUT2D eigenvalue weighted by Crippen LogP contribution is 2.47. The van der Waals surface area contributed by atoms with Gasteiger partial charge in [0.15, 0.2) is 0 Å². The predicted octanol–water partition coefficient (Wildman–Crippen LogP) is 3.97. The van der Waals surface area contributed by atoms with Crippen LogP contribution in [0.4, 0.5) is 5.95 Å². The molecule has 6 nitrogen and oxygen atoms in total. The number of anilines is 1. The summed E-state index contributed by atoms with van der Waals surface area (Å²) in [7, 11) is 0. The van der Waals surface area contributed by atoms with E-state index in [1.807, 2.05) is 18.1 Å². The maximum Gasteiger partial charge on any atom is 0.223 e. The molecule has 0 aromatic carbocycles. The van der Waals surface area contributed by atoms with Crippen LogP contribution in [0.2, 0.25) is 0 Å². The zero-order valence-electron chi connectivity index (χ0n) is 17.3. The summed E-state index contributed by atoms with van der Waals surface area (Å²) in [6.07, 6.45) is 9.93. The largest absolute Gasteiger partial charge is 0.351 e. The Morgan fingerprint density at radius 3 is 2.57 bits per heavy atom. The van der Waals surface area contributed by atoms with Crippen LogP contribution in [0.5, 0.6) is 0 Å². The van der Waals surface area contributed by atoms with Crippen LogP contribution in [0, 0.1) is 6.92 Å². The second-order valence-corrected chi connectivity index (χ2v) is 10.00. The summed E-state index contributed by atoms with van der Waals surface area (Å²) in [4.78, 5) is 14.7. The minimum atomic E-state index is 0.0240. The molecule has 1 saturated heterocycles. The van der Waals surface area contributed by atoms with E-state index in [9.17, 15) is 0 Å². The molecule has 2 aromatic rings. The van der Waals surface area contributed by atoms with Gasteiger partial charge in [-0.2, -0.15) is 0 Å². The van der Waals surface area contributed by atoms with Crippen molar-refractivity contribution < 1.29 is 0 Å². The summed E-state index contributed by atoms with van der Waals surface area (Å²) in [5, 5.41) is 3.61. The number of aromatic nitrogens is 4. The Labute approximate surface area is 171 Å². The maximum absolute atomic E-state index is 5.04. The van der Waals surface area contributed by atoms with Gasteiger partial charge >= 0.3 is 0 Å². The highest BCUT2D eigenvalue weighted by atomic mass is 32.2. The van der Waals surface area contributed by atoms with Crippen LogP contribution in [-0.2, 0) is 11.8 Å². The molecule has 0 unspecified atom stereocenters. The molecule has 28 heavy (non-hydrogen) atoms. The molecule has 1 saturated carbocycles. The summed E-state index contributed by atoms with van der Waals surface area (Å²) in [5.74, 6) is 1.90. The molecule has 0 amide bonds. The number of rotatable bonds is 4. The Morgan fingerprint density at radius 1 is 1.14 bits per heavy atom. The lowest BCUT2D eigenvalue weighted by molar-refractivity contribution is 0.358. The van der Waals surface area contributed by atoms with Crippen LogP contribution in [-0.4, -0.2) is 49.2 Å². The fourth-order valence-corrected chi connectivity index (χ4v) is 5.33. The van der Waals surface area contributed by atoms with Gasteiger partial charge in [0, 0.05) is 36.8 Å². The number of imidazole rings is 1. The molecule has 3 heterocycles.